The number of ether oxygens (including phenoxy) is 1. The second kappa shape index (κ2) is 3.04. The SMILES string of the molecule is CC12CC(NC(=O)N1)c1c(Cl)cccc1O2. The maximum absolute atomic E-state index is 11.5. The van der Waals surface area contributed by atoms with Crippen LogP contribution in [0.15, 0.2) is 18.2 Å². The maximum atomic E-state index is 11.5. The molecule has 84 valence electrons. The first-order valence-electron chi connectivity index (χ1n) is 5.13. The molecular formula is C11H11ClN2O2. The zero-order valence-electron chi connectivity index (χ0n) is 8.71. The lowest BCUT2D eigenvalue weighted by Gasteiger charge is -2.44. The molecule has 2 N–H and O–H groups in total. The summed E-state index contributed by atoms with van der Waals surface area (Å²) in [5.41, 5.74) is 0.238. The van der Waals surface area contributed by atoms with E-state index in [1.165, 1.54) is 0 Å². The molecule has 2 aliphatic heterocycles. The van der Waals surface area contributed by atoms with Gasteiger partial charge in [-0.2, -0.15) is 0 Å². The van der Waals surface area contributed by atoms with Gasteiger partial charge in [-0.3, -0.25) is 0 Å². The molecule has 2 amide bonds. The molecule has 2 atom stereocenters. The molecule has 16 heavy (non-hydrogen) atoms. The smallest absolute Gasteiger partial charge is 0.318 e. The predicted octanol–water partition coefficient (Wildman–Crippen LogP) is 2.19. The minimum Gasteiger partial charge on any atom is -0.468 e. The van der Waals surface area contributed by atoms with Gasteiger partial charge in [-0.05, 0) is 19.1 Å². The number of fused-ring (bicyclic) bond motifs is 4. The van der Waals surface area contributed by atoms with E-state index in [0.717, 1.165) is 11.3 Å². The average Bonchev–Trinajstić information content (AvgIpc) is 2.14. The summed E-state index contributed by atoms with van der Waals surface area (Å²) >= 11 is 6.13. The molecule has 2 aliphatic rings. The van der Waals surface area contributed by atoms with Crippen molar-refractivity contribution in [3.63, 3.8) is 0 Å². The molecule has 1 saturated heterocycles. The third-order valence-electron chi connectivity index (χ3n) is 2.97. The van der Waals surface area contributed by atoms with E-state index in [1.807, 2.05) is 19.1 Å². The quantitative estimate of drug-likeness (QED) is 0.728. The van der Waals surface area contributed by atoms with Crippen LogP contribution in [-0.2, 0) is 0 Å². The Balaban J connectivity index is 2.14. The summed E-state index contributed by atoms with van der Waals surface area (Å²) in [5, 5.41) is 6.26. The summed E-state index contributed by atoms with van der Waals surface area (Å²) in [7, 11) is 0. The van der Waals surface area contributed by atoms with Gasteiger partial charge in [0.05, 0.1) is 6.04 Å². The van der Waals surface area contributed by atoms with Crippen molar-refractivity contribution in [2.45, 2.75) is 25.1 Å². The normalized spacial score (nSPS) is 30.9. The molecule has 2 heterocycles. The Bertz CT molecular complexity index is 477. The van der Waals surface area contributed by atoms with Gasteiger partial charge >= 0.3 is 6.03 Å². The first-order chi connectivity index (χ1) is 7.57. The maximum Gasteiger partial charge on any atom is 0.318 e. The highest BCUT2D eigenvalue weighted by molar-refractivity contribution is 6.31. The van der Waals surface area contributed by atoms with Crippen LogP contribution >= 0.6 is 11.6 Å². The molecule has 0 radical (unpaired) electrons. The highest BCUT2D eigenvalue weighted by Crippen LogP contribution is 2.43. The third kappa shape index (κ3) is 1.33. The Hall–Kier alpha value is -1.42. The van der Waals surface area contributed by atoms with E-state index in [4.69, 9.17) is 16.3 Å². The van der Waals surface area contributed by atoms with Crippen LogP contribution in [0.5, 0.6) is 5.75 Å². The Morgan fingerprint density at radius 2 is 2.38 bits per heavy atom. The first-order valence-corrected chi connectivity index (χ1v) is 5.51. The molecule has 2 unspecified atom stereocenters. The largest absolute Gasteiger partial charge is 0.468 e. The van der Waals surface area contributed by atoms with Crippen LogP contribution < -0.4 is 15.4 Å². The summed E-state index contributed by atoms with van der Waals surface area (Å²) in [5.74, 6) is 0.735. The van der Waals surface area contributed by atoms with E-state index in [2.05, 4.69) is 10.6 Å². The molecule has 1 aromatic carbocycles. The van der Waals surface area contributed by atoms with Crippen LogP contribution in [0.4, 0.5) is 4.79 Å². The van der Waals surface area contributed by atoms with Crippen LogP contribution in [0.3, 0.4) is 0 Å². The number of carbonyl (C=O) groups is 1. The van der Waals surface area contributed by atoms with Crippen molar-refractivity contribution in [3.8, 4) is 5.75 Å². The van der Waals surface area contributed by atoms with E-state index in [-0.39, 0.29) is 12.1 Å². The van der Waals surface area contributed by atoms with Gasteiger partial charge in [-0.25, -0.2) is 4.79 Å². The number of hydrogen-bond donors (Lipinski definition) is 2. The topological polar surface area (TPSA) is 50.4 Å². The average molecular weight is 239 g/mol. The highest BCUT2D eigenvalue weighted by Gasteiger charge is 2.43. The van der Waals surface area contributed by atoms with Gasteiger partial charge in [0.2, 0.25) is 0 Å². The van der Waals surface area contributed by atoms with Gasteiger partial charge in [-0.1, -0.05) is 17.7 Å². The minimum absolute atomic E-state index is 0.0730. The molecule has 1 aromatic rings. The van der Waals surface area contributed by atoms with E-state index in [1.54, 1.807) is 6.07 Å². The summed E-state index contributed by atoms with van der Waals surface area (Å²) < 4.78 is 5.79. The van der Waals surface area contributed by atoms with Crippen LogP contribution in [0.2, 0.25) is 5.02 Å². The Kier molecular flexibility index (Phi) is 1.86. The number of halogens is 1. The lowest BCUT2D eigenvalue weighted by atomic mass is 9.92. The molecule has 2 bridgehead atoms. The van der Waals surface area contributed by atoms with Crippen LogP contribution in [0.1, 0.15) is 24.9 Å². The second-order valence-electron chi connectivity index (χ2n) is 4.34. The Labute approximate surface area is 97.9 Å². The standard InChI is InChI=1S/C11H11ClN2O2/c1-11-5-7(13-10(15)14-11)9-6(12)3-2-4-8(9)16-11/h2-4,7H,5H2,1H3,(H2,13,14,15). The molecule has 0 aromatic heterocycles. The lowest BCUT2D eigenvalue weighted by Crippen LogP contribution is -2.62. The Morgan fingerprint density at radius 1 is 1.56 bits per heavy atom. The van der Waals surface area contributed by atoms with Crippen molar-refractivity contribution < 1.29 is 9.53 Å². The fraction of sp³-hybridized carbons (Fsp3) is 0.364. The van der Waals surface area contributed by atoms with Crippen LogP contribution in [-0.4, -0.2) is 11.8 Å². The lowest BCUT2D eigenvalue weighted by molar-refractivity contribution is 0.0119. The zero-order valence-corrected chi connectivity index (χ0v) is 9.47. The van der Waals surface area contributed by atoms with E-state index in [9.17, 15) is 4.79 Å². The molecule has 1 fully saturated rings. The number of amides is 2. The van der Waals surface area contributed by atoms with Crippen molar-refractivity contribution in [1.29, 1.82) is 0 Å². The van der Waals surface area contributed by atoms with E-state index >= 15 is 0 Å². The second-order valence-corrected chi connectivity index (χ2v) is 4.75. The molecule has 3 rings (SSSR count). The molecule has 5 heteroatoms. The van der Waals surface area contributed by atoms with Crippen molar-refractivity contribution in [2.75, 3.05) is 0 Å². The monoisotopic (exact) mass is 238 g/mol. The predicted molar refractivity (Wildman–Crippen MR) is 59.5 cm³/mol. The van der Waals surface area contributed by atoms with E-state index < -0.39 is 5.72 Å². The van der Waals surface area contributed by atoms with Gasteiger partial charge in [0.15, 0.2) is 5.72 Å². The number of urea groups is 1. The Morgan fingerprint density at radius 3 is 3.19 bits per heavy atom. The minimum atomic E-state index is -0.634. The number of benzene rings is 1. The molecule has 0 spiro atoms. The van der Waals surface area contributed by atoms with Gasteiger partial charge in [0.1, 0.15) is 5.75 Å². The van der Waals surface area contributed by atoms with Crippen LogP contribution in [0, 0.1) is 0 Å². The molecule has 0 aliphatic carbocycles. The fourth-order valence-electron chi connectivity index (χ4n) is 2.35. The molecule has 4 nitrogen and oxygen atoms in total. The van der Waals surface area contributed by atoms with Crippen molar-refractivity contribution in [1.82, 2.24) is 10.6 Å². The van der Waals surface area contributed by atoms with Gasteiger partial charge in [0, 0.05) is 17.0 Å². The van der Waals surface area contributed by atoms with Crippen LogP contribution in [0.25, 0.3) is 0 Å². The number of hydrogen-bond acceptors (Lipinski definition) is 2. The highest BCUT2D eigenvalue weighted by atomic mass is 35.5. The summed E-state index contributed by atoms with van der Waals surface area (Å²) in [4.78, 5) is 11.5. The van der Waals surface area contributed by atoms with E-state index in [0.29, 0.717) is 11.4 Å². The van der Waals surface area contributed by atoms with Gasteiger partial charge in [0.25, 0.3) is 0 Å². The number of rotatable bonds is 0. The number of carbonyl (C=O) groups excluding carboxylic acids is 1. The first kappa shape index (κ1) is 9.78. The molecule has 0 saturated carbocycles. The fourth-order valence-corrected chi connectivity index (χ4v) is 2.65. The zero-order chi connectivity index (χ0) is 11.3. The summed E-state index contributed by atoms with van der Waals surface area (Å²) in [6.07, 6.45) is 0.676. The van der Waals surface area contributed by atoms with Gasteiger partial charge < -0.3 is 15.4 Å². The number of nitrogens with one attached hydrogen (secondary N) is 2. The third-order valence-corrected chi connectivity index (χ3v) is 3.30. The van der Waals surface area contributed by atoms with Crippen molar-refractivity contribution >= 4 is 17.6 Å². The van der Waals surface area contributed by atoms with Gasteiger partial charge in [-0.15, -0.1) is 0 Å². The summed E-state index contributed by atoms with van der Waals surface area (Å²) in [6.45, 7) is 1.86. The van der Waals surface area contributed by atoms with Crippen molar-refractivity contribution in [2.24, 2.45) is 0 Å². The molecular weight excluding hydrogens is 228 g/mol. The summed E-state index contributed by atoms with van der Waals surface area (Å²) in [6, 6.07) is 5.22. The van der Waals surface area contributed by atoms with Crippen molar-refractivity contribution in [3.05, 3.63) is 28.8 Å².